The number of hydrogen-bond acceptors (Lipinski definition) is 2. The fraction of sp³-hybridized carbons (Fsp3) is 1.00. The third-order valence-corrected chi connectivity index (χ3v) is 4.75. The fourth-order valence-electron chi connectivity index (χ4n) is 1.40. The molecule has 0 bridgehead atoms. The number of rotatable bonds is 6. The molecule has 1 N–H and O–H groups in total. The van der Waals surface area contributed by atoms with Crippen LogP contribution in [0.4, 0.5) is 0 Å². The maximum atomic E-state index is 11.5. The molecule has 1 aliphatic carbocycles. The Balaban J connectivity index is 2.27. The molecule has 0 radical (unpaired) electrons. The predicted molar refractivity (Wildman–Crippen MR) is 58.9 cm³/mol. The lowest BCUT2D eigenvalue weighted by Gasteiger charge is -2.09. The van der Waals surface area contributed by atoms with Gasteiger partial charge in [0.25, 0.3) is 0 Å². The van der Waals surface area contributed by atoms with Gasteiger partial charge in [-0.3, -0.25) is 0 Å². The van der Waals surface area contributed by atoms with Gasteiger partial charge in [0, 0.05) is 12.4 Å². The SMILES string of the molecule is CC(CCl)CS(=O)(=O)NCC1CC1C. The first-order valence-corrected chi connectivity index (χ1v) is 7.16. The van der Waals surface area contributed by atoms with Crippen molar-refractivity contribution in [1.82, 2.24) is 4.72 Å². The highest BCUT2D eigenvalue weighted by molar-refractivity contribution is 7.89. The van der Waals surface area contributed by atoms with Gasteiger partial charge < -0.3 is 0 Å². The van der Waals surface area contributed by atoms with Crippen molar-refractivity contribution in [1.29, 1.82) is 0 Å². The highest BCUT2D eigenvalue weighted by atomic mass is 35.5. The normalized spacial score (nSPS) is 28.8. The first kappa shape index (κ1) is 12.3. The Morgan fingerprint density at radius 1 is 1.57 bits per heavy atom. The van der Waals surface area contributed by atoms with E-state index in [1.54, 1.807) is 0 Å². The zero-order valence-electron chi connectivity index (χ0n) is 8.66. The second-order valence-corrected chi connectivity index (χ2v) is 6.52. The molecule has 0 aromatic heterocycles. The molecule has 0 aliphatic heterocycles. The molecule has 14 heavy (non-hydrogen) atoms. The maximum Gasteiger partial charge on any atom is 0.211 e. The van der Waals surface area contributed by atoms with Gasteiger partial charge in [-0.1, -0.05) is 13.8 Å². The number of hydrogen-bond donors (Lipinski definition) is 1. The van der Waals surface area contributed by atoms with Crippen LogP contribution in [0.3, 0.4) is 0 Å². The average Bonchev–Trinajstić information content (AvgIpc) is 2.78. The number of halogens is 1. The zero-order valence-corrected chi connectivity index (χ0v) is 10.2. The molecule has 1 rings (SSSR count). The second kappa shape index (κ2) is 4.81. The van der Waals surface area contributed by atoms with E-state index in [0.717, 1.165) is 6.42 Å². The van der Waals surface area contributed by atoms with Crippen LogP contribution in [-0.4, -0.2) is 26.6 Å². The van der Waals surface area contributed by atoms with E-state index < -0.39 is 10.0 Å². The van der Waals surface area contributed by atoms with Crippen molar-refractivity contribution in [2.24, 2.45) is 17.8 Å². The van der Waals surface area contributed by atoms with Crippen molar-refractivity contribution in [3.63, 3.8) is 0 Å². The summed E-state index contributed by atoms with van der Waals surface area (Å²) in [4.78, 5) is 0. The minimum Gasteiger partial charge on any atom is -0.215 e. The third-order valence-electron chi connectivity index (χ3n) is 2.61. The van der Waals surface area contributed by atoms with Gasteiger partial charge in [-0.15, -0.1) is 11.6 Å². The maximum absolute atomic E-state index is 11.5. The molecule has 0 saturated heterocycles. The Morgan fingerprint density at radius 2 is 2.14 bits per heavy atom. The first-order chi connectivity index (χ1) is 6.44. The summed E-state index contributed by atoms with van der Waals surface area (Å²) in [6.07, 6.45) is 1.15. The van der Waals surface area contributed by atoms with Gasteiger partial charge in [0.2, 0.25) is 10.0 Å². The molecular formula is C9H18ClNO2S. The molecule has 84 valence electrons. The molecule has 0 spiro atoms. The molecule has 0 aromatic carbocycles. The minimum absolute atomic E-state index is 0.0193. The lowest BCUT2D eigenvalue weighted by Crippen LogP contribution is -2.31. The van der Waals surface area contributed by atoms with Gasteiger partial charge in [-0.2, -0.15) is 0 Å². The first-order valence-electron chi connectivity index (χ1n) is 4.98. The molecule has 0 heterocycles. The van der Waals surface area contributed by atoms with Gasteiger partial charge in [0.15, 0.2) is 0 Å². The van der Waals surface area contributed by atoms with Gasteiger partial charge in [0.1, 0.15) is 0 Å². The summed E-state index contributed by atoms with van der Waals surface area (Å²) in [5.41, 5.74) is 0. The topological polar surface area (TPSA) is 46.2 Å². The standard InChI is InChI=1S/C9H18ClNO2S/c1-7(4-10)6-14(12,13)11-5-9-3-8(9)2/h7-9,11H,3-6H2,1-2H3. The van der Waals surface area contributed by atoms with E-state index >= 15 is 0 Å². The minimum atomic E-state index is -3.11. The smallest absolute Gasteiger partial charge is 0.211 e. The van der Waals surface area contributed by atoms with Crippen molar-refractivity contribution < 1.29 is 8.42 Å². The van der Waals surface area contributed by atoms with E-state index in [4.69, 9.17) is 11.6 Å². The molecule has 0 amide bonds. The van der Waals surface area contributed by atoms with Crippen LogP contribution in [-0.2, 0) is 10.0 Å². The molecule has 5 heteroatoms. The van der Waals surface area contributed by atoms with Crippen LogP contribution in [0, 0.1) is 17.8 Å². The van der Waals surface area contributed by atoms with Crippen molar-refractivity contribution >= 4 is 21.6 Å². The molecule has 0 aromatic rings. The Hall–Kier alpha value is 0.200. The third kappa shape index (κ3) is 4.15. The van der Waals surface area contributed by atoms with Crippen LogP contribution in [0.5, 0.6) is 0 Å². The molecule has 1 saturated carbocycles. The summed E-state index contributed by atoms with van der Waals surface area (Å²) in [7, 11) is -3.11. The summed E-state index contributed by atoms with van der Waals surface area (Å²) in [6.45, 7) is 4.57. The largest absolute Gasteiger partial charge is 0.215 e. The van der Waals surface area contributed by atoms with Crippen LogP contribution in [0.1, 0.15) is 20.3 Å². The van der Waals surface area contributed by atoms with E-state index in [0.29, 0.717) is 24.3 Å². The Labute approximate surface area is 91.3 Å². The quantitative estimate of drug-likeness (QED) is 0.713. The van der Waals surface area contributed by atoms with E-state index in [-0.39, 0.29) is 11.7 Å². The van der Waals surface area contributed by atoms with Crippen LogP contribution in [0.25, 0.3) is 0 Å². The average molecular weight is 240 g/mol. The molecule has 3 unspecified atom stereocenters. The Bertz CT molecular complexity index is 279. The van der Waals surface area contributed by atoms with Gasteiger partial charge in [-0.05, 0) is 24.2 Å². The van der Waals surface area contributed by atoms with Gasteiger partial charge in [0.05, 0.1) is 5.75 Å². The van der Waals surface area contributed by atoms with Crippen molar-refractivity contribution in [3.05, 3.63) is 0 Å². The van der Waals surface area contributed by atoms with Crippen molar-refractivity contribution in [2.75, 3.05) is 18.2 Å². The second-order valence-electron chi connectivity index (χ2n) is 4.36. The summed E-state index contributed by atoms with van der Waals surface area (Å²) in [6, 6.07) is 0. The van der Waals surface area contributed by atoms with Crippen LogP contribution in [0.2, 0.25) is 0 Å². The van der Waals surface area contributed by atoms with Gasteiger partial charge >= 0.3 is 0 Å². The summed E-state index contributed by atoms with van der Waals surface area (Å²) < 4.78 is 25.6. The zero-order chi connectivity index (χ0) is 10.8. The highest BCUT2D eigenvalue weighted by Crippen LogP contribution is 2.36. The lowest BCUT2D eigenvalue weighted by atomic mass is 10.3. The summed E-state index contributed by atoms with van der Waals surface area (Å²) >= 11 is 5.56. The molecule has 3 nitrogen and oxygen atoms in total. The summed E-state index contributed by atoms with van der Waals surface area (Å²) in [5.74, 6) is 1.78. The molecule has 1 fully saturated rings. The van der Waals surface area contributed by atoms with Crippen LogP contribution in [0.15, 0.2) is 0 Å². The van der Waals surface area contributed by atoms with Crippen LogP contribution >= 0.6 is 11.6 Å². The van der Waals surface area contributed by atoms with E-state index in [1.165, 1.54) is 0 Å². The number of nitrogens with one attached hydrogen (secondary N) is 1. The van der Waals surface area contributed by atoms with Crippen molar-refractivity contribution in [3.8, 4) is 0 Å². The van der Waals surface area contributed by atoms with Crippen molar-refractivity contribution in [2.45, 2.75) is 20.3 Å². The lowest BCUT2D eigenvalue weighted by molar-refractivity contribution is 0.562. The Kier molecular flexibility index (Phi) is 4.22. The van der Waals surface area contributed by atoms with E-state index in [2.05, 4.69) is 11.6 Å². The predicted octanol–water partition coefficient (Wildman–Crippen LogP) is 1.44. The highest BCUT2D eigenvalue weighted by Gasteiger charge is 2.33. The molecular weight excluding hydrogens is 222 g/mol. The van der Waals surface area contributed by atoms with E-state index in [1.807, 2.05) is 6.92 Å². The summed E-state index contributed by atoms with van der Waals surface area (Å²) in [5, 5.41) is 0. The Morgan fingerprint density at radius 3 is 2.57 bits per heavy atom. The monoisotopic (exact) mass is 239 g/mol. The molecule has 1 aliphatic rings. The van der Waals surface area contributed by atoms with Crippen LogP contribution < -0.4 is 4.72 Å². The van der Waals surface area contributed by atoms with E-state index in [9.17, 15) is 8.42 Å². The molecule has 3 atom stereocenters. The number of alkyl halides is 1. The fourth-order valence-corrected chi connectivity index (χ4v) is 3.09. The van der Waals surface area contributed by atoms with Gasteiger partial charge in [-0.25, -0.2) is 13.1 Å². The number of sulfonamides is 1.